The normalized spacial score (nSPS) is 19.6. The fourth-order valence-electron chi connectivity index (χ4n) is 5.55. The lowest BCUT2D eigenvalue weighted by Crippen LogP contribution is -2.43. The number of aromatic amines is 1. The van der Waals surface area contributed by atoms with Crippen LogP contribution in [0.4, 0.5) is 5.69 Å². The Bertz CT molecular complexity index is 1260. The van der Waals surface area contributed by atoms with Crippen LogP contribution in [-0.2, 0) is 23.1 Å². The summed E-state index contributed by atoms with van der Waals surface area (Å²) in [6, 6.07) is 9.75. The zero-order chi connectivity index (χ0) is 24.4. The molecular formula is C26H32ClN5O2S. The van der Waals surface area contributed by atoms with Crippen molar-refractivity contribution in [2.75, 3.05) is 11.4 Å². The number of fused-ring (bicyclic) bond motifs is 1. The number of halogens is 1. The lowest BCUT2D eigenvalue weighted by Gasteiger charge is -2.34. The minimum absolute atomic E-state index is 0.0370. The van der Waals surface area contributed by atoms with Crippen LogP contribution < -0.4 is 4.90 Å². The Labute approximate surface area is 212 Å². The number of hydrogen-bond acceptors (Lipinski definition) is 5. The van der Waals surface area contributed by atoms with Crippen LogP contribution in [0.3, 0.4) is 0 Å². The molecule has 2 aliphatic rings. The highest BCUT2D eigenvalue weighted by atomic mass is 35.5. The molecule has 1 atom stereocenters. The van der Waals surface area contributed by atoms with Crippen molar-refractivity contribution in [3.63, 3.8) is 0 Å². The predicted octanol–water partition coefficient (Wildman–Crippen LogP) is 5.32. The van der Waals surface area contributed by atoms with E-state index in [1.165, 1.54) is 31.9 Å². The van der Waals surface area contributed by atoms with E-state index in [2.05, 4.69) is 25.9 Å². The number of hydrogen-bond donors (Lipinski definition) is 1. The number of sulfonamides is 1. The molecule has 1 saturated carbocycles. The number of H-pyrrole nitrogens is 1. The van der Waals surface area contributed by atoms with Crippen LogP contribution >= 0.6 is 11.6 Å². The van der Waals surface area contributed by atoms with Gasteiger partial charge in [0.05, 0.1) is 23.5 Å². The maximum atomic E-state index is 14.0. The molecule has 35 heavy (non-hydrogen) atoms. The van der Waals surface area contributed by atoms with Crippen molar-refractivity contribution in [2.24, 2.45) is 5.92 Å². The van der Waals surface area contributed by atoms with Gasteiger partial charge in [-0.2, -0.15) is 4.31 Å². The van der Waals surface area contributed by atoms with Crippen molar-refractivity contribution in [3.8, 4) is 0 Å². The summed E-state index contributed by atoms with van der Waals surface area (Å²) in [5, 5.41) is 0.222. The van der Waals surface area contributed by atoms with Crippen molar-refractivity contribution in [3.05, 3.63) is 71.0 Å². The van der Waals surface area contributed by atoms with Gasteiger partial charge in [-0.05, 0) is 43.4 Å². The van der Waals surface area contributed by atoms with Crippen LogP contribution in [0.15, 0.2) is 53.9 Å². The monoisotopic (exact) mass is 513 g/mol. The van der Waals surface area contributed by atoms with Crippen LogP contribution in [0.5, 0.6) is 0 Å². The van der Waals surface area contributed by atoms with E-state index < -0.39 is 10.0 Å². The Hall–Kier alpha value is -2.42. The summed E-state index contributed by atoms with van der Waals surface area (Å²) in [6.45, 7) is 3.10. The van der Waals surface area contributed by atoms with Gasteiger partial charge in [0.25, 0.3) is 0 Å². The predicted molar refractivity (Wildman–Crippen MR) is 138 cm³/mol. The molecule has 3 aromatic rings. The second kappa shape index (κ2) is 10.3. The third-order valence-corrected chi connectivity index (χ3v) is 9.83. The van der Waals surface area contributed by atoms with Gasteiger partial charge in [0.15, 0.2) is 0 Å². The number of pyridine rings is 1. The third-order valence-electron chi connectivity index (χ3n) is 7.49. The summed E-state index contributed by atoms with van der Waals surface area (Å²) in [7, 11) is -3.77. The molecule has 0 amide bonds. The van der Waals surface area contributed by atoms with E-state index in [4.69, 9.17) is 11.6 Å². The number of anilines is 1. The van der Waals surface area contributed by atoms with Gasteiger partial charge in [0, 0.05) is 42.8 Å². The molecule has 2 aromatic heterocycles. The fourth-order valence-corrected chi connectivity index (χ4v) is 7.43. The lowest BCUT2D eigenvalue weighted by atomic mass is 9.97. The number of aromatic nitrogens is 3. The van der Waals surface area contributed by atoms with E-state index in [1.807, 2.05) is 24.4 Å². The summed E-state index contributed by atoms with van der Waals surface area (Å²) in [6.07, 6.45) is 12.2. The van der Waals surface area contributed by atoms with Crippen LogP contribution in [-0.4, -0.2) is 40.3 Å². The van der Waals surface area contributed by atoms with E-state index in [1.54, 1.807) is 23.6 Å². The Morgan fingerprint density at radius 1 is 1.14 bits per heavy atom. The van der Waals surface area contributed by atoms with Crippen molar-refractivity contribution in [1.29, 1.82) is 0 Å². The van der Waals surface area contributed by atoms with E-state index in [0.717, 1.165) is 35.7 Å². The largest absolute Gasteiger partial charge is 0.361 e. The molecule has 1 fully saturated rings. The summed E-state index contributed by atoms with van der Waals surface area (Å²) >= 11 is 6.21. The molecule has 5 rings (SSSR count). The van der Waals surface area contributed by atoms with Crippen molar-refractivity contribution in [1.82, 2.24) is 19.3 Å². The molecule has 186 valence electrons. The molecule has 0 bridgehead atoms. The van der Waals surface area contributed by atoms with Crippen molar-refractivity contribution < 1.29 is 8.42 Å². The molecule has 1 N–H and O–H groups in total. The number of nitrogens with one attached hydrogen (secondary N) is 1. The Morgan fingerprint density at radius 2 is 1.94 bits per heavy atom. The lowest BCUT2D eigenvalue weighted by molar-refractivity contribution is 0.350. The molecule has 0 spiro atoms. The molecule has 7 nitrogen and oxygen atoms in total. The van der Waals surface area contributed by atoms with Gasteiger partial charge in [-0.25, -0.2) is 18.4 Å². The van der Waals surface area contributed by atoms with Gasteiger partial charge >= 0.3 is 0 Å². The highest BCUT2D eigenvalue weighted by Crippen LogP contribution is 2.36. The second-order valence-corrected chi connectivity index (χ2v) is 12.0. The number of rotatable bonds is 7. The Kier molecular flexibility index (Phi) is 7.14. The molecule has 1 aromatic carbocycles. The van der Waals surface area contributed by atoms with Crippen molar-refractivity contribution in [2.45, 2.75) is 69.5 Å². The van der Waals surface area contributed by atoms with Crippen LogP contribution in [0.2, 0.25) is 5.15 Å². The molecule has 9 heteroatoms. The first-order chi connectivity index (χ1) is 16.9. The number of nitrogens with zero attached hydrogens (tertiary/aromatic N) is 4. The Morgan fingerprint density at radius 3 is 2.71 bits per heavy atom. The number of para-hydroxylation sites is 1. The SMILES string of the molecule is Cc1c(S(=O)(=O)N2Cc3ccccc3N(Cc3cnc[nH]3)C(CCC3CCCC3)C2)ccnc1Cl. The van der Waals surface area contributed by atoms with Crippen LogP contribution in [0.1, 0.15) is 55.3 Å². The summed E-state index contributed by atoms with van der Waals surface area (Å²) < 4.78 is 29.6. The zero-order valence-corrected chi connectivity index (χ0v) is 21.6. The van der Waals surface area contributed by atoms with Crippen LogP contribution in [0.25, 0.3) is 0 Å². The highest BCUT2D eigenvalue weighted by molar-refractivity contribution is 7.89. The highest BCUT2D eigenvalue weighted by Gasteiger charge is 2.36. The standard InChI is InChI=1S/C26H32ClN5O2S/c1-19-25(12-13-29-26(19)27)35(33,34)31-15-21-8-4-5-9-24(21)32(16-22-14-28-18-30-22)23(17-31)11-10-20-6-2-3-7-20/h4-5,8-9,12-14,18,20,23H,2-3,6-7,10-11,15-17H2,1H3,(H,28,30). The van der Waals surface area contributed by atoms with Crippen molar-refractivity contribution >= 4 is 27.3 Å². The number of benzene rings is 1. The van der Waals surface area contributed by atoms with E-state index in [0.29, 0.717) is 25.2 Å². The Balaban J connectivity index is 1.53. The first-order valence-electron chi connectivity index (χ1n) is 12.4. The minimum atomic E-state index is -3.77. The van der Waals surface area contributed by atoms with Gasteiger partial charge < -0.3 is 9.88 Å². The van der Waals surface area contributed by atoms with Gasteiger partial charge in [-0.3, -0.25) is 0 Å². The fraction of sp³-hybridized carbons (Fsp3) is 0.462. The molecule has 1 aliphatic carbocycles. The molecule has 0 saturated heterocycles. The topological polar surface area (TPSA) is 82.2 Å². The molecule has 0 radical (unpaired) electrons. The van der Waals surface area contributed by atoms with Gasteiger partial charge in [-0.15, -0.1) is 0 Å². The molecular weight excluding hydrogens is 482 g/mol. The first-order valence-corrected chi connectivity index (χ1v) is 14.2. The average molecular weight is 514 g/mol. The first kappa shape index (κ1) is 24.3. The molecule has 3 heterocycles. The average Bonchev–Trinajstić information content (AvgIpc) is 3.53. The van der Waals surface area contributed by atoms with Gasteiger partial charge in [0.2, 0.25) is 10.0 Å². The number of imidazole rings is 1. The maximum absolute atomic E-state index is 14.0. The molecule has 1 aliphatic heterocycles. The summed E-state index contributed by atoms with van der Waals surface area (Å²) in [5.41, 5.74) is 3.58. The molecule has 1 unspecified atom stereocenters. The summed E-state index contributed by atoms with van der Waals surface area (Å²) in [4.78, 5) is 14.1. The van der Waals surface area contributed by atoms with Crippen LogP contribution in [0, 0.1) is 12.8 Å². The van der Waals surface area contributed by atoms with E-state index in [-0.39, 0.29) is 16.1 Å². The second-order valence-electron chi connectivity index (χ2n) is 9.74. The maximum Gasteiger partial charge on any atom is 0.243 e. The van der Waals surface area contributed by atoms with E-state index >= 15 is 0 Å². The quantitative estimate of drug-likeness (QED) is 0.432. The van der Waals surface area contributed by atoms with Gasteiger partial charge in [0.1, 0.15) is 5.15 Å². The smallest absolute Gasteiger partial charge is 0.243 e. The van der Waals surface area contributed by atoms with E-state index in [9.17, 15) is 8.42 Å². The van der Waals surface area contributed by atoms with Gasteiger partial charge in [-0.1, -0.05) is 55.5 Å². The third kappa shape index (κ3) is 5.10. The summed E-state index contributed by atoms with van der Waals surface area (Å²) in [5.74, 6) is 0.730. The minimum Gasteiger partial charge on any atom is -0.361 e. The zero-order valence-electron chi connectivity index (χ0n) is 20.0.